The molecule has 32 heavy (non-hydrogen) atoms. The minimum absolute atomic E-state index is 0.240. The van der Waals surface area contributed by atoms with Crippen molar-refractivity contribution in [1.29, 1.82) is 0 Å². The van der Waals surface area contributed by atoms with Crippen LogP contribution in [0.2, 0.25) is 5.02 Å². The number of nitroso groups, excluding NO2 is 1. The van der Waals surface area contributed by atoms with Gasteiger partial charge in [0.2, 0.25) is 5.95 Å². The molecule has 0 amide bonds. The number of aryl methyl sites for hydroxylation is 1. The molecule has 0 spiro atoms. The summed E-state index contributed by atoms with van der Waals surface area (Å²) in [6.45, 7) is 5.43. The van der Waals surface area contributed by atoms with Gasteiger partial charge in [-0.05, 0) is 54.8 Å². The van der Waals surface area contributed by atoms with Gasteiger partial charge in [-0.25, -0.2) is 4.98 Å². The maximum atomic E-state index is 12.7. The van der Waals surface area contributed by atoms with Crippen LogP contribution < -0.4 is 20.7 Å². The molecular formula is C22H25ClN5O3P. The van der Waals surface area contributed by atoms with Crippen molar-refractivity contribution in [3.63, 3.8) is 0 Å². The molecule has 0 aliphatic heterocycles. The molecule has 8 nitrogen and oxygen atoms in total. The molecule has 0 atom stereocenters. The van der Waals surface area contributed by atoms with E-state index < -0.39 is 7.14 Å². The Hall–Kier alpha value is -2.96. The van der Waals surface area contributed by atoms with E-state index >= 15 is 0 Å². The third kappa shape index (κ3) is 5.44. The van der Waals surface area contributed by atoms with Crippen LogP contribution in [0.25, 0.3) is 0 Å². The Labute approximate surface area is 192 Å². The average molecular weight is 474 g/mol. The summed E-state index contributed by atoms with van der Waals surface area (Å²) in [6.07, 6.45) is 3.04. The van der Waals surface area contributed by atoms with E-state index in [2.05, 4.69) is 25.8 Å². The summed E-state index contributed by atoms with van der Waals surface area (Å²) in [6, 6.07) is 10.7. The fraction of sp³-hybridized carbons (Fsp3) is 0.273. The second-order valence-corrected chi connectivity index (χ2v) is 11.1. The van der Waals surface area contributed by atoms with Crippen molar-refractivity contribution in [1.82, 2.24) is 9.97 Å². The van der Waals surface area contributed by atoms with Gasteiger partial charge in [0.1, 0.15) is 23.6 Å². The first-order valence-corrected chi connectivity index (χ1v) is 13.0. The van der Waals surface area contributed by atoms with Gasteiger partial charge in [-0.1, -0.05) is 37.1 Å². The van der Waals surface area contributed by atoms with Crippen molar-refractivity contribution in [3.05, 3.63) is 58.1 Å². The lowest BCUT2D eigenvalue weighted by Gasteiger charge is -2.16. The van der Waals surface area contributed by atoms with Crippen molar-refractivity contribution in [2.24, 2.45) is 5.18 Å². The minimum atomic E-state index is -2.53. The highest BCUT2D eigenvalue weighted by Gasteiger charge is 2.18. The lowest BCUT2D eigenvalue weighted by atomic mass is 10.1. The van der Waals surface area contributed by atoms with Gasteiger partial charge in [-0.15, -0.1) is 4.91 Å². The lowest BCUT2D eigenvalue weighted by molar-refractivity contribution is 0.416. The van der Waals surface area contributed by atoms with Gasteiger partial charge in [0.25, 0.3) is 0 Å². The fourth-order valence-electron chi connectivity index (χ4n) is 3.24. The van der Waals surface area contributed by atoms with E-state index in [9.17, 15) is 9.47 Å². The molecule has 168 valence electrons. The van der Waals surface area contributed by atoms with Gasteiger partial charge < -0.3 is 19.9 Å². The largest absolute Gasteiger partial charge is 0.495 e. The van der Waals surface area contributed by atoms with Gasteiger partial charge in [-0.3, -0.25) is 0 Å². The SMILES string of the molecule is CCCc1cc(OC)c(Nc2ncc(Cl)c(Nc3ccccc3P(C)(C)=O)n2)cc1N=O. The molecule has 2 N–H and O–H groups in total. The number of anilines is 4. The minimum Gasteiger partial charge on any atom is -0.495 e. The fourth-order valence-corrected chi connectivity index (χ4v) is 4.54. The highest BCUT2D eigenvalue weighted by molar-refractivity contribution is 7.70. The molecule has 2 aromatic carbocycles. The van der Waals surface area contributed by atoms with E-state index in [1.54, 1.807) is 32.6 Å². The lowest BCUT2D eigenvalue weighted by Crippen LogP contribution is -2.11. The summed E-state index contributed by atoms with van der Waals surface area (Å²) in [7, 11) is -0.980. The number of rotatable bonds is 9. The predicted molar refractivity (Wildman–Crippen MR) is 132 cm³/mol. The van der Waals surface area contributed by atoms with E-state index in [4.69, 9.17) is 16.3 Å². The Morgan fingerprint density at radius 3 is 2.56 bits per heavy atom. The van der Waals surface area contributed by atoms with Gasteiger partial charge >= 0.3 is 0 Å². The Morgan fingerprint density at radius 1 is 1.16 bits per heavy atom. The van der Waals surface area contributed by atoms with Crippen LogP contribution in [-0.4, -0.2) is 30.4 Å². The van der Waals surface area contributed by atoms with Crippen LogP contribution in [0.15, 0.2) is 47.8 Å². The Morgan fingerprint density at radius 2 is 1.91 bits per heavy atom. The van der Waals surface area contributed by atoms with Gasteiger partial charge in [0.05, 0.1) is 24.7 Å². The van der Waals surface area contributed by atoms with Crippen molar-refractivity contribution >= 4 is 52.9 Å². The highest BCUT2D eigenvalue weighted by atomic mass is 35.5. The van der Waals surface area contributed by atoms with E-state index in [1.807, 2.05) is 31.2 Å². The smallest absolute Gasteiger partial charge is 0.229 e. The molecule has 0 radical (unpaired) electrons. The highest BCUT2D eigenvalue weighted by Crippen LogP contribution is 2.39. The molecule has 3 rings (SSSR count). The molecule has 0 saturated carbocycles. The predicted octanol–water partition coefficient (Wildman–Crippen LogP) is 6.22. The molecule has 0 saturated heterocycles. The zero-order valence-electron chi connectivity index (χ0n) is 18.3. The maximum Gasteiger partial charge on any atom is 0.229 e. The molecule has 0 unspecified atom stereocenters. The van der Waals surface area contributed by atoms with Crippen LogP contribution >= 0.6 is 18.7 Å². The molecular weight excluding hydrogens is 449 g/mol. The Bertz CT molecular complexity index is 1180. The normalized spacial score (nSPS) is 11.2. The second kappa shape index (κ2) is 10.1. The number of methoxy groups -OCH3 is 1. The summed E-state index contributed by atoms with van der Waals surface area (Å²) in [5, 5.41) is 10.4. The Balaban J connectivity index is 1.96. The van der Waals surface area contributed by atoms with Gasteiger partial charge in [0, 0.05) is 5.30 Å². The van der Waals surface area contributed by atoms with Crippen LogP contribution in [0.4, 0.5) is 28.8 Å². The first-order valence-electron chi connectivity index (χ1n) is 10.0. The molecule has 10 heteroatoms. The number of aromatic nitrogens is 2. The topological polar surface area (TPSA) is 106 Å². The number of hydrogen-bond donors (Lipinski definition) is 2. The van der Waals surface area contributed by atoms with Crippen molar-refractivity contribution < 1.29 is 9.30 Å². The summed E-state index contributed by atoms with van der Waals surface area (Å²) in [5.74, 6) is 1.13. The van der Waals surface area contributed by atoms with Crippen LogP contribution in [0.1, 0.15) is 18.9 Å². The second-order valence-electron chi connectivity index (χ2n) is 7.53. The number of nitrogens with zero attached hydrogens (tertiary/aromatic N) is 3. The number of nitrogens with one attached hydrogen (secondary N) is 2. The van der Waals surface area contributed by atoms with Crippen LogP contribution in [-0.2, 0) is 11.0 Å². The first kappa shape index (κ1) is 23.7. The third-order valence-electron chi connectivity index (χ3n) is 4.75. The number of hydrogen-bond acceptors (Lipinski definition) is 8. The summed E-state index contributed by atoms with van der Waals surface area (Å²) in [5.41, 5.74) is 2.30. The molecule has 0 aliphatic rings. The van der Waals surface area contributed by atoms with Crippen molar-refractivity contribution in [3.8, 4) is 5.75 Å². The maximum absolute atomic E-state index is 12.7. The average Bonchev–Trinajstić information content (AvgIpc) is 2.76. The van der Waals surface area contributed by atoms with Crippen LogP contribution in [0, 0.1) is 4.91 Å². The molecule has 1 heterocycles. The summed E-state index contributed by atoms with van der Waals surface area (Å²) >= 11 is 6.31. The quantitative estimate of drug-likeness (QED) is 0.280. The van der Waals surface area contributed by atoms with E-state index in [-0.39, 0.29) is 5.95 Å². The number of halogens is 1. The van der Waals surface area contributed by atoms with Crippen LogP contribution in [0.3, 0.4) is 0 Å². The zero-order valence-corrected chi connectivity index (χ0v) is 20.0. The molecule has 1 aromatic heterocycles. The number of para-hydroxylation sites is 1. The van der Waals surface area contributed by atoms with Gasteiger partial charge in [0.15, 0.2) is 5.82 Å². The Kier molecular flexibility index (Phi) is 7.48. The molecule has 0 bridgehead atoms. The first-order chi connectivity index (χ1) is 15.3. The standard InChI is InChI=1S/C22H25ClN5O3P/c1-5-8-14-11-19(31-2)18(12-17(14)28-29)26-22-24-13-15(23)21(27-22)25-16-9-6-7-10-20(16)32(3,4)30/h6-7,9-13H,5,8H2,1-4H3,(H2,24,25,26,27). The summed E-state index contributed by atoms with van der Waals surface area (Å²) in [4.78, 5) is 20.0. The third-order valence-corrected chi connectivity index (χ3v) is 6.57. The number of benzene rings is 2. The summed E-state index contributed by atoms with van der Waals surface area (Å²) < 4.78 is 18.1. The molecule has 0 fully saturated rings. The molecule has 3 aromatic rings. The van der Waals surface area contributed by atoms with E-state index in [0.29, 0.717) is 45.4 Å². The van der Waals surface area contributed by atoms with Gasteiger partial charge in [-0.2, -0.15) is 4.98 Å². The molecule has 0 aliphatic carbocycles. The monoisotopic (exact) mass is 473 g/mol. The van der Waals surface area contributed by atoms with Crippen molar-refractivity contribution in [2.45, 2.75) is 19.8 Å². The van der Waals surface area contributed by atoms with E-state index in [0.717, 1.165) is 12.0 Å². The zero-order chi connectivity index (χ0) is 23.3. The van der Waals surface area contributed by atoms with E-state index in [1.165, 1.54) is 6.20 Å². The number of ether oxygens (including phenoxy) is 1. The van der Waals surface area contributed by atoms with Crippen LogP contribution in [0.5, 0.6) is 5.75 Å². The van der Waals surface area contributed by atoms with Crippen molar-refractivity contribution in [2.75, 3.05) is 31.1 Å².